The molecule has 2 fully saturated rings. The number of anilines is 2. The van der Waals surface area contributed by atoms with Gasteiger partial charge in [-0.3, -0.25) is 0 Å². The Morgan fingerprint density at radius 1 is 1.35 bits per heavy atom. The van der Waals surface area contributed by atoms with Crippen molar-refractivity contribution in [3.05, 3.63) is 11.5 Å². The molecule has 1 saturated heterocycles. The van der Waals surface area contributed by atoms with E-state index in [1.165, 1.54) is 6.33 Å². The molecule has 0 radical (unpaired) electrons. The van der Waals surface area contributed by atoms with Gasteiger partial charge in [-0.2, -0.15) is 0 Å². The van der Waals surface area contributed by atoms with Gasteiger partial charge in [-0.15, -0.1) is 0 Å². The molecule has 1 aromatic heterocycles. The standard InChI is InChI=1S/C14H21ClN4O4/c15-12-8(16)13(18-6-17-12)19-9-7(5-20)10(21)14(11(9)22)3-1-2-4-23-14/h6-7,9-11,20-22H,1-5,16H2,(H,17,18,19)/t7-,9+,10+,11-,14+/m0/s1. The van der Waals surface area contributed by atoms with Crippen molar-refractivity contribution in [1.82, 2.24) is 9.97 Å². The lowest BCUT2D eigenvalue weighted by Crippen LogP contribution is -2.53. The second-order valence-corrected chi connectivity index (χ2v) is 6.45. The summed E-state index contributed by atoms with van der Waals surface area (Å²) in [7, 11) is 0. The second-order valence-electron chi connectivity index (χ2n) is 6.09. The van der Waals surface area contributed by atoms with Gasteiger partial charge in [0.2, 0.25) is 0 Å². The van der Waals surface area contributed by atoms with Crippen LogP contribution < -0.4 is 11.1 Å². The quantitative estimate of drug-likeness (QED) is 0.475. The third-order valence-electron chi connectivity index (χ3n) is 4.89. The topological polar surface area (TPSA) is 134 Å². The van der Waals surface area contributed by atoms with E-state index in [0.29, 0.717) is 13.0 Å². The third-order valence-corrected chi connectivity index (χ3v) is 5.19. The minimum Gasteiger partial charge on any atom is -0.396 e. The lowest BCUT2D eigenvalue weighted by atomic mass is 9.87. The Hall–Kier alpha value is -1.19. The highest BCUT2D eigenvalue weighted by Crippen LogP contribution is 2.45. The average Bonchev–Trinajstić information content (AvgIpc) is 2.74. The number of ether oxygens (including phenoxy) is 1. The van der Waals surface area contributed by atoms with Crippen LogP contribution in [-0.2, 0) is 4.74 Å². The molecule has 1 saturated carbocycles. The van der Waals surface area contributed by atoms with Gasteiger partial charge in [0.15, 0.2) is 11.0 Å². The number of nitrogens with one attached hydrogen (secondary N) is 1. The predicted octanol–water partition coefficient (Wildman–Crippen LogP) is -0.224. The monoisotopic (exact) mass is 344 g/mol. The first-order valence-electron chi connectivity index (χ1n) is 7.64. The van der Waals surface area contributed by atoms with Crippen LogP contribution in [0.2, 0.25) is 5.15 Å². The summed E-state index contributed by atoms with van der Waals surface area (Å²) in [6, 6.07) is -0.665. The van der Waals surface area contributed by atoms with Crippen LogP contribution in [0.5, 0.6) is 0 Å². The summed E-state index contributed by atoms with van der Waals surface area (Å²) in [5.74, 6) is -0.358. The Bertz CT molecular complexity index is 570. The van der Waals surface area contributed by atoms with Gasteiger partial charge in [0.05, 0.1) is 18.8 Å². The fraction of sp³-hybridized carbons (Fsp3) is 0.714. The fourth-order valence-corrected chi connectivity index (χ4v) is 3.76. The first-order chi connectivity index (χ1) is 11.0. The van der Waals surface area contributed by atoms with Crippen LogP contribution >= 0.6 is 11.6 Å². The molecule has 23 heavy (non-hydrogen) atoms. The van der Waals surface area contributed by atoms with Crippen molar-refractivity contribution in [2.75, 3.05) is 24.3 Å². The van der Waals surface area contributed by atoms with Crippen molar-refractivity contribution < 1.29 is 20.1 Å². The molecular formula is C14H21ClN4O4. The van der Waals surface area contributed by atoms with Crippen molar-refractivity contribution in [3.8, 4) is 0 Å². The summed E-state index contributed by atoms with van der Waals surface area (Å²) < 4.78 is 5.76. The Kier molecular flexibility index (Phi) is 4.61. The van der Waals surface area contributed by atoms with Crippen LogP contribution in [0.25, 0.3) is 0 Å². The molecule has 1 spiro atoms. The van der Waals surface area contributed by atoms with Gasteiger partial charge in [0.1, 0.15) is 23.7 Å². The Balaban J connectivity index is 1.90. The van der Waals surface area contributed by atoms with Gasteiger partial charge in [0, 0.05) is 12.5 Å². The zero-order chi connectivity index (χ0) is 16.6. The fourth-order valence-electron chi connectivity index (χ4n) is 3.62. The lowest BCUT2D eigenvalue weighted by Gasteiger charge is -2.39. The van der Waals surface area contributed by atoms with E-state index in [9.17, 15) is 15.3 Å². The molecule has 128 valence electrons. The maximum absolute atomic E-state index is 10.8. The maximum Gasteiger partial charge on any atom is 0.157 e. The van der Waals surface area contributed by atoms with E-state index in [1.807, 2.05) is 0 Å². The van der Waals surface area contributed by atoms with Crippen molar-refractivity contribution in [2.24, 2.45) is 5.92 Å². The van der Waals surface area contributed by atoms with Crippen molar-refractivity contribution in [2.45, 2.75) is 43.1 Å². The number of nitrogens with zero attached hydrogens (tertiary/aromatic N) is 2. The lowest BCUT2D eigenvalue weighted by molar-refractivity contribution is -0.180. The van der Waals surface area contributed by atoms with Gasteiger partial charge < -0.3 is 31.1 Å². The van der Waals surface area contributed by atoms with Crippen LogP contribution in [0.4, 0.5) is 11.5 Å². The van der Waals surface area contributed by atoms with Crippen LogP contribution in [0.3, 0.4) is 0 Å². The van der Waals surface area contributed by atoms with Crippen LogP contribution in [0, 0.1) is 5.92 Å². The SMILES string of the molecule is Nc1c(Cl)ncnc1N[C@@H]1[C@H](CO)[C@@H](O)[C@]2(CCCCO2)[C@H]1O. The van der Waals surface area contributed by atoms with E-state index in [0.717, 1.165) is 12.8 Å². The minimum absolute atomic E-state index is 0.0970. The normalized spacial score (nSPS) is 37.2. The molecule has 1 aliphatic heterocycles. The summed E-state index contributed by atoms with van der Waals surface area (Å²) in [6.07, 6.45) is 1.52. The summed E-state index contributed by atoms with van der Waals surface area (Å²) in [5, 5.41) is 34.2. The molecule has 2 heterocycles. The molecule has 0 aromatic carbocycles. The number of nitrogens with two attached hydrogens (primary N) is 1. The molecule has 0 bridgehead atoms. The third kappa shape index (κ3) is 2.64. The largest absolute Gasteiger partial charge is 0.396 e. The van der Waals surface area contributed by atoms with Crippen molar-refractivity contribution in [3.63, 3.8) is 0 Å². The van der Waals surface area contributed by atoms with Crippen molar-refractivity contribution >= 4 is 23.1 Å². The summed E-state index contributed by atoms with van der Waals surface area (Å²) in [5.41, 5.74) is 4.92. The number of aliphatic hydroxyl groups excluding tert-OH is 3. The number of nitrogen functional groups attached to an aromatic ring is 1. The maximum atomic E-state index is 10.8. The summed E-state index contributed by atoms with van der Waals surface area (Å²) in [6.45, 7) is 0.167. The van der Waals surface area contributed by atoms with Gasteiger partial charge in [-0.1, -0.05) is 11.6 Å². The Labute approximate surface area is 138 Å². The van der Waals surface area contributed by atoms with E-state index in [1.54, 1.807) is 0 Å². The van der Waals surface area contributed by atoms with E-state index in [-0.39, 0.29) is 23.3 Å². The first kappa shape index (κ1) is 16.7. The van der Waals surface area contributed by atoms with Gasteiger partial charge in [0.25, 0.3) is 0 Å². The van der Waals surface area contributed by atoms with E-state index in [4.69, 9.17) is 22.1 Å². The first-order valence-corrected chi connectivity index (χ1v) is 8.02. The van der Waals surface area contributed by atoms with Crippen LogP contribution in [-0.4, -0.2) is 62.4 Å². The molecule has 1 aliphatic carbocycles. The molecule has 8 nitrogen and oxygen atoms in total. The molecule has 1 aromatic rings. The van der Waals surface area contributed by atoms with Gasteiger partial charge in [-0.05, 0) is 19.3 Å². The zero-order valence-corrected chi connectivity index (χ0v) is 13.3. The summed E-state index contributed by atoms with van der Waals surface area (Å²) in [4.78, 5) is 7.79. The van der Waals surface area contributed by atoms with Gasteiger partial charge >= 0.3 is 0 Å². The van der Waals surface area contributed by atoms with Crippen LogP contribution in [0.1, 0.15) is 19.3 Å². The highest BCUT2D eigenvalue weighted by molar-refractivity contribution is 6.32. The average molecular weight is 345 g/mol. The number of aromatic nitrogens is 2. The number of rotatable bonds is 3. The molecule has 9 heteroatoms. The second kappa shape index (κ2) is 6.37. The highest BCUT2D eigenvalue weighted by atomic mass is 35.5. The summed E-state index contributed by atoms with van der Waals surface area (Å²) >= 11 is 5.87. The van der Waals surface area contributed by atoms with Crippen LogP contribution in [0.15, 0.2) is 6.33 Å². The smallest absolute Gasteiger partial charge is 0.157 e. The molecule has 2 aliphatic rings. The van der Waals surface area contributed by atoms with E-state index in [2.05, 4.69) is 15.3 Å². The molecular weight excluding hydrogens is 324 g/mol. The number of aliphatic hydroxyl groups is 3. The molecule has 0 amide bonds. The van der Waals surface area contributed by atoms with Gasteiger partial charge in [-0.25, -0.2) is 9.97 Å². The molecule has 5 atom stereocenters. The minimum atomic E-state index is -1.07. The Morgan fingerprint density at radius 2 is 2.13 bits per heavy atom. The molecule has 3 rings (SSSR count). The Morgan fingerprint density at radius 3 is 2.78 bits per heavy atom. The van der Waals surface area contributed by atoms with Crippen molar-refractivity contribution in [1.29, 1.82) is 0 Å². The predicted molar refractivity (Wildman–Crippen MR) is 84.0 cm³/mol. The zero-order valence-electron chi connectivity index (χ0n) is 12.5. The molecule has 6 N–H and O–H groups in total. The van der Waals surface area contributed by atoms with E-state index >= 15 is 0 Å². The number of halogens is 1. The highest BCUT2D eigenvalue weighted by Gasteiger charge is 2.61. The number of hydrogen-bond donors (Lipinski definition) is 5. The number of hydrogen-bond acceptors (Lipinski definition) is 8. The molecule has 0 unspecified atom stereocenters. The van der Waals surface area contributed by atoms with E-state index < -0.39 is 29.8 Å².